The molecule has 0 bridgehead atoms. The zero-order valence-electron chi connectivity index (χ0n) is 10.9. The first kappa shape index (κ1) is 12.6. The lowest BCUT2D eigenvalue weighted by Crippen LogP contribution is -2.60. The first-order valence-electron chi connectivity index (χ1n) is 6.43. The fourth-order valence-electron chi connectivity index (χ4n) is 2.13. The Kier molecular flexibility index (Phi) is 3.23. The molecule has 0 aliphatic carbocycles. The first-order chi connectivity index (χ1) is 10.4. The second-order valence-corrected chi connectivity index (χ2v) is 4.57. The molecule has 1 aliphatic heterocycles. The smallest absolute Gasteiger partial charge is 0.470 e. The topological polar surface area (TPSA) is 67.1 Å². The predicted octanol–water partition coefficient (Wildman–Crippen LogP) is 0.0150. The summed E-state index contributed by atoms with van der Waals surface area (Å²) in [5, 5.41) is 0. The third-order valence-corrected chi connectivity index (χ3v) is 3.19. The van der Waals surface area contributed by atoms with Crippen molar-refractivity contribution < 1.29 is 27.0 Å². The van der Waals surface area contributed by atoms with Gasteiger partial charge < -0.3 is 27.0 Å². The van der Waals surface area contributed by atoms with E-state index in [0.717, 1.165) is 16.4 Å². The Morgan fingerprint density at radius 3 is 1.10 bits per heavy atom. The van der Waals surface area contributed by atoms with Gasteiger partial charge in [0.25, 0.3) is 0 Å². The summed E-state index contributed by atoms with van der Waals surface area (Å²) in [5.41, 5.74) is 2.33. The van der Waals surface area contributed by atoms with E-state index in [1.165, 1.54) is 0 Å². The molecule has 21 heavy (non-hydrogen) atoms. The highest BCUT2D eigenvalue weighted by Crippen LogP contribution is 2.10. The monoisotopic (exact) mass is 282 g/mol. The van der Waals surface area contributed by atoms with Crippen molar-refractivity contribution in [2.45, 2.75) is 0 Å². The van der Waals surface area contributed by atoms with Crippen LogP contribution in [-0.2, 0) is 13.7 Å². The van der Waals surface area contributed by atoms with E-state index in [9.17, 15) is 0 Å². The number of furan rings is 3. The van der Waals surface area contributed by atoms with Crippen LogP contribution in [0.25, 0.3) is 0 Å². The van der Waals surface area contributed by atoms with Crippen LogP contribution in [0.1, 0.15) is 0 Å². The van der Waals surface area contributed by atoms with E-state index in [1.54, 1.807) is 55.8 Å². The molecule has 6 nitrogen and oxygen atoms in total. The highest BCUT2D eigenvalue weighted by atomic mass is 16.7. The van der Waals surface area contributed by atoms with Gasteiger partial charge in [0.15, 0.2) is 0 Å². The summed E-state index contributed by atoms with van der Waals surface area (Å²) in [6.45, 7) is 0. The molecule has 0 spiro atoms. The molecule has 4 rings (SSSR count). The van der Waals surface area contributed by atoms with Gasteiger partial charge in [0.1, 0.15) is 0 Å². The van der Waals surface area contributed by atoms with Gasteiger partial charge in [-0.2, -0.15) is 0 Å². The van der Waals surface area contributed by atoms with Gasteiger partial charge in [0.05, 0.1) is 37.6 Å². The molecule has 0 radical (unpaired) electrons. The molecule has 0 unspecified atom stereocenters. The second-order valence-electron chi connectivity index (χ2n) is 4.57. The fraction of sp³-hybridized carbons (Fsp3) is 0. The largest absolute Gasteiger partial charge is 0.473 e. The molecule has 3 aromatic heterocycles. The summed E-state index contributed by atoms with van der Waals surface area (Å²) < 4.78 is 32.7. The Morgan fingerprint density at radius 1 is 0.524 bits per heavy atom. The van der Waals surface area contributed by atoms with E-state index < -0.39 is 21.4 Å². The molecule has 1 fully saturated rings. The van der Waals surface area contributed by atoms with Crippen LogP contribution in [0, 0.1) is 0 Å². The third-order valence-electron chi connectivity index (χ3n) is 3.19. The van der Waals surface area contributed by atoms with Crippen LogP contribution < -0.4 is 16.4 Å². The third kappa shape index (κ3) is 2.46. The molecular weight excluding hydrogens is 273 g/mol. The highest BCUT2D eigenvalue weighted by Gasteiger charge is 2.44. The SMILES string of the molecule is c1cc(B2OB(c3ccoc3)OB(c3ccoc3)O2)co1. The maximum absolute atomic E-state index is 5.81. The van der Waals surface area contributed by atoms with Gasteiger partial charge in [-0.1, -0.05) is 0 Å². The van der Waals surface area contributed by atoms with Gasteiger partial charge in [0.2, 0.25) is 0 Å². The molecule has 4 heterocycles. The first-order valence-corrected chi connectivity index (χ1v) is 6.43. The van der Waals surface area contributed by atoms with Gasteiger partial charge >= 0.3 is 21.4 Å². The molecule has 0 N–H and O–H groups in total. The van der Waals surface area contributed by atoms with Crippen LogP contribution in [-0.4, -0.2) is 21.4 Å². The average molecular weight is 282 g/mol. The Balaban J connectivity index is 1.64. The van der Waals surface area contributed by atoms with Crippen LogP contribution >= 0.6 is 0 Å². The van der Waals surface area contributed by atoms with Crippen molar-refractivity contribution in [3.63, 3.8) is 0 Å². The Morgan fingerprint density at radius 2 is 0.857 bits per heavy atom. The Hall–Kier alpha value is -2.09. The zero-order valence-corrected chi connectivity index (χ0v) is 10.9. The molecule has 0 saturated carbocycles. The molecule has 102 valence electrons. The van der Waals surface area contributed by atoms with Crippen molar-refractivity contribution in [1.29, 1.82) is 0 Å². The van der Waals surface area contributed by atoms with Crippen LogP contribution in [0.5, 0.6) is 0 Å². The maximum Gasteiger partial charge on any atom is 0.470 e. The highest BCUT2D eigenvalue weighted by molar-refractivity contribution is 6.87. The lowest BCUT2D eigenvalue weighted by atomic mass is 9.63. The lowest BCUT2D eigenvalue weighted by molar-refractivity contribution is 0.308. The van der Waals surface area contributed by atoms with Crippen LogP contribution in [0.2, 0.25) is 0 Å². The van der Waals surface area contributed by atoms with Crippen molar-refractivity contribution >= 4 is 37.7 Å². The standard InChI is InChI=1S/C12H9B3O6/c1-4-16-7-10(1)13-19-14(11-2-5-17-8-11)21-15(20-13)12-3-6-18-9-12/h1-9H. The van der Waals surface area contributed by atoms with E-state index in [4.69, 9.17) is 27.0 Å². The van der Waals surface area contributed by atoms with E-state index in [2.05, 4.69) is 0 Å². The summed E-state index contributed by atoms with van der Waals surface area (Å²) in [6, 6.07) is 5.36. The van der Waals surface area contributed by atoms with Gasteiger partial charge in [-0.05, 0) is 18.2 Å². The van der Waals surface area contributed by atoms with Crippen molar-refractivity contribution in [3.05, 3.63) is 55.8 Å². The normalized spacial score (nSPS) is 15.7. The summed E-state index contributed by atoms with van der Waals surface area (Å²) in [6.07, 6.45) is 9.43. The Labute approximate surface area is 121 Å². The van der Waals surface area contributed by atoms with Gasteiger partial charge in [-0.25, -0.2) is 0 Å². The van der Waals surface area contributed by atoms with Crippen molar-refractivity contribution in [1.82, 2.24) is 0 Å². The van der Waals surface area contributed by atoms with Gasteiger partial charge in [-0.3, -0.25) is 0 Å². The average Bonchev–Trinajstić information content (AvgIpc) is 3.29. The number of hydrogen-bond acceptors (Lipinski definition) is 6. The van der Waals surface area contributed by atoms with Crippen molar-refractivity contribution in [2.24, 2.45) is 0 Å². The van der Waals surface area contributed by atoms with Crippen LogP contribution in [0.3, 0.4) is 0 Å². The van der Waals surface area contributed by atoms with E-state index in [0.29, 0.717) is 0 Å². The minimum Gasteiger partial charge on any atom is -0.473 e. The van der Waals surface area contributed by atoms with Gasteiger partial charge in [-0.15, -0.1) is 0 Å². The van der Waals surface area contributed by atoms with E-state index >= 15 is 0 Å². The van der Waals surface area contributed by atoms with Crippen LogP contribution in [0.15, 0.2) is 69.0 Å². The van der Waals surface area contributed by atoms with Crippen molar-refractivity contribution in [2.75, 3.05) is 0 Å². The quantitative estimate of drug-likeness (QED) is 0.630. The molecule has 1 aliphatic rings. The summed E-state index contributed by atoms with van der Waals surface area (Å²) >= 11 is 0. The lowest BCUT2D eigenvalue weighted by Gasteiger charge is -2.29. The van der Waals surface area contributed by atoms with Crippen molar-refractivity contribution in [3.8, 4) is 0 Å². The fourth-order valence-corrected chi connectivity index (χ4v) is 2.13. The summed E-state index contributed by atoms with van der Waals surface area (Å²) in [7, 11) is -1.80. The molecule has 0 aromatic carbocycles. The molecule has 1 saturated heterocycles. The molecule has 0 amide bonds. The predicted molar refractivity (Wildman–Crippen MR) is 75.5 cm³/mol. The van der Waals surface area contributed by atoms with E-state index in [1.807, 2.05) is 0 Å². The minimum atomic E-state index is -0.600. The van der Waals surface area contributed by atoms with Crippen LogP contribution in [0.4, 0.5) is 0 Å². The second kappa shape index (κ2) is 5.36. The molecular formula is C12H9B3O6. The maximum atomic E-state index is 5.81. The molecule has 0 atom stereocenters. The molecule has 9 heteroatoms. The number of hydrogen-bond donors (Lipinski definition) is 0. The minimum absolute atomic E-state index is 0.600. The van der Waals surface area contributed by atoms with E-state index in [-0.39, 0.29) is 0 Å². The Bertz CT molecular complexity index is 564. The van der Waals surface area contributed by atoms with Gasteiger partial charge in [0, 0.05) is 16.4 Å². The summed E-state index contributed by atoms with van der Waals surface area (Å²) in [5.74, 6) is 0. The summed E-state index contributed by atoms with van der Waals surface area (Å²) in [4.78, 5) is 0. The molecule has 3 aromatic rings. The number of rotatable bonds is 3. The zero-order chi connectivity index (χ0) is 14.1.